The van der Waals surface area contributed by atoms with Crippen LogP contribution in [0.2, 0.25) is 5.02 Å². The quantitative estimate of drug-likeness (QED) is 0.763. The van der Waals surface area contributed by atoms with Crippen LogP contribution in [0.4, 0.5) is 5.13 Å². The minimum Gasteiger partial charge on any atom is -0.347 e. The molecule has 1 aromatic heterocycles. The molecule has 21 heavy (non-hydrogen) atoms. The number of likely N-dealkylation sites (N-methyl/N-ethyl adjacent to an activating group) is 1. The van der Waals surface area contributed by atoms with Gasteiger partial charge in [0.1, 0.15) is 0 Å². The number of rotatable bonds is 6. The van der Waals surface area contributed by atoms with E-state index in [4.69, 9.17) is 16.6 Å². The number of hydrogen-bond acceptors (Lipinski definition) is 4. The van der Waals surface area contributed by atoms with E-state index in [9.17, 15) is 0 Å². The van der Waals surface area contributed by atoms with Crippen LogP contribution >= 0.6 is 22.9 Å². The van der Waals surface area contributed by atoms with Crippen molar-refractivity contribution in [1.82, 2.24) is 9.88 Å². The summed E-state index contributed by atoms with van der Waals surface area (Å²) in [5, 5.41) is 1.87. The molecule has 0 amide bonds. The third-order valence-electron chi connectivity index (χ3n) is 2.92. The van der Waals surface area contributed by atoms with Crippen LogP contribution in [0.1, 0.15) is 27.2 Å². The van der Waals surface area contributed by atoms with Gasteiger partial charge in [0.15, 0.2) is 5.13 Å². The number of benzene rings is 1. The van der Waals surface area contributed by atoms with Gasteiger partial charge in [-0.15, -0.1) is 0 Å². The van der Waals surface area contributed by atoms with Gasteiger partial charge in [-0.2, -0.15) is 0 Å². The number of nitrogens with zero attached hydrogens (tertiary/aromatic N) is 3. The second-order valence-electron chi connectivity index (χ2n) is 4.90. The number of aromatic nitrogens is 1. The van der Waals surface area contributed by atoms with E-state index < -0.39 is 0 Å². The fourth-order valence-corrected chi connectivity index (χ4v) is 3.21. The molecule has 0 N–H and O–H groups in total. The average molecular weight is 328 g/mol. The molecule has 0 aliphatic carbocycles. The molecule has 3 nitrogen and oxygen atoms in total. The lowest BCUT2D eigenvalue weighted by molar-refractivity contribution is 0.413. The first kappa shape index (κ1) is 18.2. The zero-order valence-electron chi connectivity index (χ0n) is 13.7. The predicted molar refractivity (Wildman–Crippen MR) is 97.0 cm³/mol. The summed E-state index contributed by atoms with van der Waals surface area (Å²) in [5.74, 6) is 0. The molecule has 0 unspecified atom stereocenters. The molecule has 0 saturated carbocycles. The van der Waals surface area contributed by atoms with Gasteiger partial charge in [-0.05, 0) is 38.7 Å². The Hall–Kier alpha value is -0.840. The van der Waals surface area contributed by atoms with Crippen molar-refractivity contribution in [1.29, 1.82) is 0 Å². The summed E-state index contributed by atoms with van der Waals surface area (Å²) < 4.78 is 1.16. The predicted octanol–water partition coefficient (Wildman–Crippen LogP) is 4.75. The number of halogens is 1. The Morgan fingerprint density at radius 3 is 2.48 bits per heavy atom. The molecule has 0 spiro atoms. The van der Waals surface area contributed by atoms with Crippen LogP contribution in [-0.2, 0) is 0 Å². The van der Waals surface area contributed by atoms with Gasteiger partial charge in [0.25, 0.3) is 0 Å². The van der Waals surface area contributed by atoms with Crippen LogP contribution in [0.15, 0.2) is 18.2 Å². The van der Waals surface area contributed by atoms with Gasteiger partial charge in [-0.3, -0.25) is 0 Å². The fraction of sp³-hybridized carbons (Fsp3) is 0.562. The number of thiazole rings is 1. The first-order valence-electron chi connectivity index (χ1n) is 7.56. The highest BCUT2D eigenvalue weighted by Gasteiger charge is 2.12. The molecule has 0 bridgehead atoms. The Labute approximate surface area is 137 Å². The van der Waals surface area contributed by atoms with Crippen molar-refractivity contribution in [3.05, 3.63) is 23.2 Å². The number of hydrogen-bond donors (Lipinski definition) is 0. The smallest absolute Gasteiger partial charge is 0.186 e. The zero-order chi connectivity index (χ0) is 15.8. The molecule has 0 fully saturated rings. The van der Waals surface area contributed by atoms with Crippen molar-refractivity contribution < 1.29 is 0 Å². The van der Waals surface area contributed by atoms with Crippen LogP contribution in [0.25, 0.3) is 10.2 Å². The van der Waals surface area contributed by atoms with Crippen LogP contribution < -0.4 is 4.90 Å². The van der Waals surface area contributed by atoms with Crippen molar-refractivity contribution in [2.75, 3.05) is 38.6 Å². The molecular formula is C16H26ClN3S. The molecule has 0 aliphatic heterocycles. The third-order valence-corrected chi connectivity index (χ3v) is 4.23. The van der Waals surface area contributed by atoms with Gasteiger partial charge in [-0.25, -0.2) is 4.98 Å². The van der Waals surface area contributed by atoms with Gasteiger partial charge >= 0.3 is 0 Å². The molecule has 1 heterocycles. The second-order valence-corrected chi connectivity index (χ2v) is 6.34. The first-order chi connectivity index (χ1) is 10.1. The summed E-state index contributed by atoms with van der Waals surface area (Å²) >= 11 is 7.75. The SMILES string of the molecule is CC.CCCN(CCN(C)C)c1nc2ccc(Cl)cc2s1. The van der Waals surface area contributed by atoms with Crippen molar-refractivity contribution in [3.63, 3.8) is 0 Å². The van der Waals surface area contributed by atoms with Gasteiger partial charge in [0.05, 0.1) is 10.2 Å². The summed E-state index contributed by atoms with van der Waals surface area (Å²) in [6.07, 6.45) is 1.13. The molecular weight excluding hydrogens is 302 g/mol. The standard InChI is InChI=1S/C14H20ClN3S.C2H6/c1-4-7-18(9-8-17(2)3)14-16-12-6-5-11(15)10-13(12)19-14;1-2/h5-6,10H,4,7-9H2,1-3H3;1-2H3. The van der Waals surface area contributed by atoms with E-state index in [-0.39, 0.29) is 0 Å². The van der Waals surface area contributed by atoms with Crippen molar-refractivity contribution in [3.8, 4) is 0 Å². The van der Waals surface area contributed by atoms with E-state index in [1.165, 1.54) is 0 Å². The molecule has 1 aromatic carbocycles. The van der Waals surface area contributed by atoms with E-state index in [1.807, 2.05) is 32.0 Å². The molecule has 0 saturated heterocycles. The largest absolute Gasteiger partial charge is 0.347 e. The van der Waals surface area contributed by atoms with Crippen LogP contribution in [0.5, 0.6) is 0 Å². The highest BCUT2D eigenvalue weighted by Crippen LogP contribution is 2.30. The Morgan fingerprint density at radius 2 is 1.86 bits per heavy atom. The number of anilines is 1. The van der Waals surface area contributed by atoms with E-state index in [0.29, 0.717) is 0 Å². The molecule has 0 radical (unpaired) electrons. The lowest BCUT2D eigenvalue weighted by Gasteiger charge is -2.22. The summed E-state index contributed by atoms with van der Waals surface area (Å²) in [7, 11) is 4.20. The van der Waals surface area contributed by atoms with Crippen LogP contribution in [0, 0.1) is 0 Å². The monoisotopic (exact) mass is 327 g/mol. The van der Waals surface area contributed by atoms with E-state index in [0.717, 1.165) is 46.4 Å². The Kier molecular flexibility index (Phi) is 8.01. The van der Waals surface area contributed by atoms with E-state index >= 15 is 0 Å². The third kappa shape index (κ3) is 5.46. The Morgan fingerprint density at radius 1 is 1.14 bits per heavy atom. The normalized spacial score (nSPS) is 10.6. The highest BCUT2D eigenvalue weighted by atomic mass is 35.5. The maximum atomic E-state index is 6.03. The highest BCUT2D eigenvalue weighted by molar-refractivity contribution is 7.22. The van der Waals surface area contributed by atoms with Crippen molar-refractivity contribution in [2.24, 2.45) is 0 Å². The molecule has 0 aliphatic rings. The fourth-order valence-electron chi connectivity index (χ4n) is 1.92. The second kappa shape index (κ2) is 9.23. The number of fused-ring (bicyclic) bond motifs is 1. The molecule has 0 atom stereocenters. The molecule has 2 aromatic rings. The lowest BCUT2D eigenvalue weighted by Crippen LogP contribution is -2.32. The maximum absolute atomic E-state index is 6.03. The van der Waals surface area contributed by atoms with Gasteiger partial charge in [-0.1, -0.05) is 43.7 Å². The maximum Gasteiger partial charge on any atom is 0.186 e. The van der Waals surface area contributed by atoms with Gasteiger partial charge in [0, 0.05) is 24.7 Å². The molecule has 2 rings (SSSR count). The Balaban J connectivity index is 0.00000106. The van der Waals surface area contributed by atoms with Crippen molar-refractivity contribution in [2.45, 2.75) is 27.2 Å². The van der Waals surface area contributed by atoms with E-state index in [1.54, 1.807) is 11.3 Å². The summed E-state index contributed by atoms with van der Waals surface area (Å²) in [5.41, 5.74) is 1.04. The average Bonchev–Trinajstić information content (AvgIpc) is 2.88. The minimum absolute atomic E-state index is 0.776. The summed E-state index contributed by atoms with van der Waals surface area (Å²) in [6, 6.07) is 5.89. The zero-order valence-corrected chi connectivity index (χ0v) is 15.3. The topological polar surface area (TPSA) is 19.4 Å². The molecule has 5 heteroatoms. The first-order valence-corrected chi connectivity index (χ1v) is 8.75. The van der Waals surface area contributed by atoms with Gasteiger partial charge < -0.3 is 9.80 Å². The van der Waals surface area contributed by atoms with Crippen LogP contribution in [-0.4, -0.2) is 43.6 Å². The molecule has 118 valence electrons. The lowest BCUT2D eigenvalue weighted by atomic mass is 10.3. The summed E-state index contributed by atoms with van der Waals surface area (Å²) in [6.45, 7) is 9.29. The summed E-state index contributed by atoms with van der Waals surface area (Å²) in [4.78, 5) is 9.28. The van der Waals surface area contributed by atoms with Gasteiger partial charge in [0.2, 0.25) is 0 Å². The van der Waals surface area contributed by atoms with Crippen molar-refractivity contribution >= 4 is 38.3 Å². The van der Waals surface area contributed by atoms with Crippen LogP contribution in [0.3, 0.4) is 0 Å². The Bertz CT molecular complexity index is 539. The minimum atomic E-state index is 0.776. The van der Waals surface area contributed by atoms with E-state index in [2.05, 4.69) is 30.8 Å².